The number of hydrogen-bond donors (Lipinski definition) is 1. The first-order valence-corrected chi connectivity index (χ1v) is 6.34. The second-order valence-corrected chi connectivity index (χ2v) is 5.64. The average molecular weight is 227 g/mol. The summed E-state index contributed by atoms with van der Waals surface area (Å²) < 4.78 is 5.39. The van der Waals surface area contributed by atoms with Gasteiger partial charge in [0.2, 0.25) is 0 Å². The molecule has 2 N–H and O–H groups in total. The fourth-order valence-corrected chi connectivity index (χ4v) is 2.92. The third-order valence-corrected chi connectivity index (χ3v) is 3.91. The predicted molar refractivity (Wildman–Crippen MR) is 65.5 cm³/mol. The maximum Gasteiger partial charge on any atom is 0.0659 e. The number of likely N-dealkylation sites (N-methyl/N-ethyl adjacent to an activating group) is 2. The molecular formula is C12H25N3O. The number of ether oxygens (including phenoxy) is 1. The summed E-state index contributed by atoms with van der Waals surface area (Å²) in [5.74, 6) is 0. The third-order valence-electron chi connectivity index (χ3n) is 3.91. The summed E-state index contributed by atoms with van der Waals surface area (Å²) in [5.41, 5.74) is 6.18. The third kappa shape index (κ3) is 2.94. The summed E-state index contributed by atoms with van der Waals surface area (Å²) >= 11 is 0. The molecule has 16 heavy (non-hydrogen) atoms. The summed E-state index contributed by atoms with van der Waals surface area (Å²) in [6.45, 7) is 4.88. The molecule has 0 aromatic carbocycles. The predicted octanol–water partition coefficient (Wildman–Crippen LogP) is 0.130. The van der Waals surface area contributed by atoms with E-state index in [2.05, 4.69) is 23.9 Å². The van der Waals surface area contributed by atoms with Crippen LogP contribution in [0.5, 0.6) is 0 Å². The van der Waals surface area contributed by atoms with Crippen molar-refractivity contribution in [3.8, 4) is 0 Å². The highest BCUT2D eigenvalue weighted by Gasteiger charge is 2.32. The molecular weight excluding hydrogens is 202 g/mol. The van der Waals surface area contributed by atoms with Crippen LogP contribution in [0.15, 0.2) is 0 Å². The van der Waals surface area contributed by atoms with Crippen molar-refractivity contribution >= 4 is 0 Å². The van der Waals surface area contributed by atoms with Crippen molar-refractivity contribution in [2.75, 3.05) is 46.9 Å². The molecule has 2 rings (SSSR count). The van der Waals surface area contributed by atoms with Crippen molar-refractivity contribution in [2.45, 2.75) is 30.8 Å². The van der Waals surface area contributed by atoms with Gasteiger partial charge in [-0.1, -0.05) is 0 Å². The van der Waals surface area contributed by atoms with E-state index in [9.17, 15) is 0 Å². The second-order valence-electron chi connectivity index (χ2n) is 5.64. The minimum absolute atomic E-state index is 0.105. The van der Waals surface area contributed by atoms with Gasteiger partial charge >= 0.3 is 0 Å². The van der Waals surface area contributed by atoms with Gasteiger partial charge in [0.1, 0.15) is 0 Å². The van der Waals surface area contributed by atoms with Crippen LogP contribution in [-0.2, 0) is 4.74 Å². The van der Waals surface area contributed by atoms with Crippen molar-refractivity contribution in [3.63, 3.8) is 0 Å². The zero-order valence-electron chi connectivity index (χ0n) is 10.6. The van der Waals surface area contributed by atoms with E-state index in [1.165, 1.54) is 19.4 Å². The minimum atomic E-state index is -0.105. The monoisotopic (exact) mass is 227 g/mol. The van der Waals surface area contributed by atoms with Crippen molar-refractivity contribution in [3.05, 3.63) is 0 Å². The maximum absolute atomic E-state index is 6.29. The fourth-order valence-electron chi connectivity index (χ4n) is 2.92. The average Bonchev–Trinajstić information content (AvgIpc) is 2.77. The van der Waals surface area contributed by atoms with Crippen LogP contribution in [0, 0.1) is 0 Å². The first-order valence-electron chi connectivity index (χ1n) is 6.34. The Morgan fingerprint density at radius 1 is 1.56 bits per heavy atom. The molecule has 0 aromatic rings. The summed E-state index contributed by atoms with van der Waals surface area (Å²) in [6.07, 6.45) is 3.67. The van der Waals surface area contributed by atoms with Crippen LogP contribution >= 0.6 is 0 Å². The van der Waals surface area contributed by atoms with Gasteiger partial charge in [-0.15, -0.1) is 0 Å². The van der Waals surface area contributed by atoms with E-state index >= 15 is 0 Å². The molecule has 0 aliphatic carbocycles. The van der Waals surface area contributed by atoms with Gasteiger partial charge in [-0.25, -0.2) is 0 Å². The smallest absolute Gasteiger partial charge is 0.0659 e. The van der Waals surface area contributed by atoms with E-state index in [4.69, 9.17) is 10.5 Å². The van der Waals surface area contributed by atoms with Crippen LogP contribution in [0.1, 0.15) is 19.3 Å². The Kier molecular flexibility index (Phi) is 3.85. The van der Waals surface area contributed by atoms with Crippen LogP contribution in [-0.4, -0.2) is 68.3 Å². The highest BCUT2D eigenvalue weighted by Crippen LogP contribution is 2.19. The molecule has 0 saturated carbocycles. The van der Waals surface area contributed by atoms with Gasteiger partial charge in [-0.2, -0.15) is 0 Å². The summed E-state index contributed by atoms with van der Waals surface area (Å²) in [4.78, 5) is 4.84. The van der Waals surface area contributed by atoms with Gasteiger partial charge < -0.3 is 20.3 Å². The minimum Gasteiger partial charge on any atom is -0.379 e. The Labute approximate surface area is 98.7 Å². The molecule has 2 unspecified atom stereocenters. The number of likely N-dealkylation sites (tertiary alicyclic amines) is 1. The number of nitrogens with two attached hydrogens (primary N) is 1. The zero-order chi connectivity index (χ0) is 11.6. The van der Waals surface area contributed by atoms with Crippen LogP contribution < -0.4 is 5.73 Å². The number of rotatable bonds is 4. The Bertz CT molecular complexity index is 228. The van der Waals surface area contributed by atoms with E-state index in [1.54, 1.807) is 0 Å². The molecule has 0 bridgehead atoms. The highest BCUT2D eigenvalue weighted by molar-refractivity contribution is 4.91. The molecule has 2 aliphatic heterocycles. The molecule has 2 fully saturated rings. The van der Waals surface area contributed by atoms with E-state index in [1.807, 2.05) is 0 Å². The van der Waals surface area contributed by atoms with Crippen LogP contribution in [0.3, 0.4) is 0 Å². The molecule has 0 aromatic heterocycles. The van der Waals surface area contributed by atoms with Gasteiger partial charge in [0.25, 0.3) is 0 Å². The molecule has 94 valence electrons. The van der Waals surface area contributed by atoms with Gasteiger partial charge in [0.15, 0.2) is 0 Å². The normalized spacial score (nSPS) is 36.4. The van der Waals surface area contributed by atoms with Gasteiger partial charge in [-0.05, 0) is 39.9 Å². The largest absolute Gasteiger partial charge is 0.379 e. The van der Waals surface area contributed by atoms with Crippen LogP contribution in [0.4, 0.5) is 0 Å². The molecule has 2 saturated heterocycles. The molecule has 2 aliphatic rings. The van der Waals surface area contributed by atoms with Crippen LogP contribution in [0.25, 0.3) is 0 Å². The highest BCUT2D eigenvalue weighted by atomic mass is 16.5. The van der Waals surface area contributed by atoms with Crippen molar-refractivity contribution in [1.82, 2.24) is 9.80 Å². The Balaban J connectivity index is 1.77. The summed E-state index contributed by atoms with van der Waals surface area (Å²) in [7, 11) is 4.40. The van der Waals surface area contributed by atoms with E-state index < -0.39 is 0 Å². The lowest BCUT2D eigenvalue weighted by Crippen LogP contribution is -2.51. The zero-order valence-corrected chi connectivity index (χ0v) is 10.6. The van der Waals surface area contributed by atoms with Gasteiger partial charge in [0.05, 0.1) is 12.1 Å². The molecule has 2 heterocycles. The van der Waals surface area contributed by atoms with Crippen LogP contribution in [0.2, 0.25) is 0 Å². The Morgan fingerprint density at radius 3 is 2.94 bits per heavy atom. The Morgan fingerprint density at radius 2 is 2.38 bits per heavy atom. The van der Waals surface area contributed by atoms with Gasteiger partial charge in [0, 0.05) is 25.7 Å². The fraction of sp³-hybridized carbons (Fsp3) is 1.00. The van der Waals surface area contributed by atoms with Crippen molar-refractivity contribution in [2.24, 2.45) is 5.73 Å². The standard InChI is InChI=1S/C12H25N3O/c1-14(8-11-4-3-6-15(11)2)9-12(13)5-7-16-10-12/h11H,3-10,13H2,1-2H3. The lowest BCUT2D eigenvalue weighted by Gasteiger charge is -2.31. The molecule has 0 spiro atoms. The number of nitrogens with zero attached hydrogens (tertiary/aromatic N) is 2. The summed E-state index contributed by atoms with van der Waals surface area (Å²) in [6, 6.07) is 0.718. The maximum atomic E-state index is 6.29. The van der Waals surface area contributed by atoms with Crippen molar-refractivity contribution < 1.29 is 4.74 Å². The molecule has 4 heteroatoms. The van der Waals surface area contributed by atoms with E-state index in [-0.39, 0.29) is 5.54 Å². The lowest BCUT2D eigenvalue weighted by atomic mass is 9.99. The van der Waals surface area contributed by atoms with Gasteiger partial charge in [-0.3, -0.25) is 0 Å². The second kappa shape index (κ2) is 5.00. The Hall–Kier alpha value is -0.160. The first-order chi connectivity index (χ1) is 7.59. The van der Waals surface area contributed by atoms with Crippen molar-refractivity contribution in [1.29, 1.82) is 0 Å². The molecule has 4 nitrogen and oxygen atoms in total. The summed E-state index contributed by atoms with van der Waals surface area (Å²) in [5, 5.41) is 0. The number of hydrogen-bond acceptors (Lipinski definition) is 4. The van der Waals surface area contributed by atoms with E-state index in [0.717, 1.165) is 38.8 Å². The molecule has 2 atom stereocenters. The first kappa shape index (κ1) is 12.3. The molecule has 0 amide bonds. The quantitative estimate of drug-likeness (QED) is 0.741. The topological polar surface area (TPSA) is 41.7 Å². The molecule has 0 radical (unpaired) electrons. The van der Waals surface area contributed by atoms with E-state index in [0.29, 0.717) is 0 Å². The SMILES string of the molecule is CN(CC1CCCN1C)CC1(N)CCOC1. The lowest BCUT2D eigenvalue weighted by molar-refractivity contribution is 0.149.